The number of hydrogen-bond donors (Lipinski definition) is 2. The van der Waals surface area contributed by atoms with Crippen molar-refractivity contribution in [1.29, 1.82) is 0 Å². The third kappa shape index (κ3) is 9.13. The van der Waals surface area contributed by atoms with E-state index >= 15 is 0 Å². The minimum atomic E-state index is -1.55. The van der Waals surface area contributed by atoms with Gasteiger partial charge in [0, 0.05) is 31.0 Å². The van der Waals surface area contributed by atoms with Crippen LogP contribution in [-0.2, 0) is 26.1 Å². The fraction of sp³-hybridized carbons (Fsp3) is 0.500. The lowest BCUT2D eigenvalue weighted by Crippen LogP contribution is -2.46. The lowest BCUT2D eigenvalue weighted by Gasteiger charge is -2.37. The number of rotatable bonds is 14. The van der Waals surface area contributed by atoms with Crippen LogP contribution in [0.5, 0.6) is 0 Å². The number of nitrogens with one attached hydrogen (secondary N) is 2. The van der Waals surface area contributed by atoms with E-state index in [1.807, 2.05) is 62.4 Å². The van der Waals surface area contributed by atoms with Crippen molar-refractivity contribution in [2.24, 2.45) is 0 Å². The van der Waals surface area contributed by atoms with Crippen LogP contribution in [0.4, 0.5) is 4.39 Å². The number of nitrogens with zero attached hydrogens (tertiary/aromatic N) is 1. The zero-order valence-corrected chi connectivity index (χ0v) is 25.8. The van der Waals surface area contributed by atoms with Crippen LogP contribution in [0.2, 0.25) is 0 Å². The van der Waals surface area contributed by atoms with Crippen LogP contribution in [0.15, 0.2) is 70.0 Å². The minimum absolute atomic E-state index is 0.00315. The van der Waals surface area contributed by atoms with Gasteiger partial charge in [-0.05, 0) is 87.3 Å². The lowest BCUT2D eigenvalue weighted by molar-refractivity contribution is -0.118. The summed E-state index contributed by atoms with van der Waals surface area (Å²) in [7, 11) is 6.81. The number of ether oxygens (including phenoxy) is 2. The summed E-state index contributed by atoms with van der Waals surface area (Å²) in [6, 6.07) is 7.91. The molecule has 1 fully saturated rings. The number of hydrogen-bond acceptors (Lipinski definition) is 6. The summed E-state index contributed by atoms with van der Waals surface area (Å²) in [4.78, 5) is 11.4. The summed E-state index contributed by atoms with van der Waals surface area (Å²) in [5.74, 6) is 0.491. The van der Waals surface area contributed by atoms with Crippen LogP contribution in [0.25, 0.3) is 11.3 Å². The van der Waals surface area contributed by atoms with Crippen LogP contribution < -0.4 is 16.1 Å². The van der Waals surface area contributed by atoms with Crippen LogP contribution >= 0.6 is 0 Å². The number of alkyl halides is 1. The molecule has 1 amide bonds. The summed E-state index contributed by atoms with van der Waals surface area (Å²) >= 11 is 0. The quantitative estimate of drug-likeness (QED) is 0.249. The van der Waals surface area contributed by atoms with Gasteiger partial charge >= 0.3 is 0 Å². The van der Waals surface area contributed by atoms with Crippen molar-refractivity contribution in [3.63, 3.8) is 0 Å². The second-order valence-electron chi connectivity index (χ2n) is 12.1. The van der Waals surface area contributed by atoms with Gasteiger partial charge in [-0.1, -0.05) is 41.6 Å². The van der Waals surface area contributed by atoms with Crippen molar-refractivity contribution in [3.8, 4) is 11.3 Å². The molecule has 9 heteroatoms. The Hall–Kier alpha value is -3.23. The van der Waals surface area contributed by atoms with E-state index < -0.39 is 5.67 Å². The molecule has 0 bridgehead atoms. The summed E-state index contributed by atoms with van der Waals surface area (Å²) in [5.41, 5.74) is 6.62. The van der Waals surface area contributed by atoms with Gasteiger partial charge in [-0.25, -0.2) is 4.39 Å². The van der Waals surface area contributed by atoms with Crippen molar-refractivity contribution in [2.75, 3.05) is 39.5 Å². The average molecular weight is 588 g/mol. The Morgan fingerprint density at radius 3 is 2.86 bits per heavy atom. The molecule has 1 aliphatic carbocycles. The van der Waals surface area contributed by atoms with E-state index in [0.29, 0.717) is 37.2 Å². The molecule has 1 aliphatic heterocycles. The molecule has 1 saturated heterocycles. The number of piperidine rings is 1. The SMILES string of the molecule is [B]c1c(C2(CC3=C=CC=C(COCC(C)(F)COC(C)C)C=C3)CCCNC2)noc1-c1ccccc1CCNC(C)=O. The molecule has 2 aromatic rings. The summed E-state index contributed by atoms with van der Waals surface area (Å²) in [6.07, 6.45) is 11.0. The maximum atomic E-state index is 14.7. The monoisotopic (exact) mass is 587 g/mol. The largest absolute Gasteiger partial charge is 0.375 e. The molecule has 0 saturated carbocycles. The Balaban J connectivity index is 1.47. The maximum absolute atomic E-state index is 14.7. The molecule has 228 valence electrons. The number of halogens is 1. The Bertz CT molecular complexity index is 1380. The number of carbonyl (C=O) groups excluding carboxylic acids is 1. The first-order valence-corrected chi connectivity index (χ1v) is 15.1. The van der Waals surface area contributed by atoms with Crippen LogP contribution in [0, 0.1) is 0 Å². The Morgan fingerprint density at radius 1 is 1.30 bits per heavy atom. The second-order valence-corrected chi connectivity index (χ2v) is 12.1. The van der Waals surface area contributed by atoms with E-state index in [0.717, 1.165) is 47.4 Å². The van der Waals surface area contributed by atoms with Crippen LogP contribution in [0.1, 0.15) is 58.2 Å². The molecule has 2 radical (unpaired) electrons. The minimum Gasteiger partial charge on any atom is -0.375 e. The molecule has 2 N–H and O–H groups in total. The standard InChI is InChI=1S/C34H43BFN3O4/c1-24(2)42-23-33(4,36)22-41-20-27-10-7-9-26(13-14-27)19-34(16-8-17-37-21-34)32-30(35)31(43-39-32)29-12-6-5-11-28(29)15-18-38-25(3)40/h5-7,10-14,24,37H,8,15-23H2,1-4H3,(H,38,40). The van der Waals surface area contributed by atoms with Crippen LogP contribution in [0.3, 0.4) is 0 Å². The predicted molar refractivity (Wildman–Crippen MR) is 168 cm³/mol. The van der Waals surface area contributed by atoms with E-state index in [1.165, 1.54) is 13.8 Å². The summed E-state index contributed by atoms with van der Waals surface area (Å²) < 4.78 is 31.8. The van der Waals surface area contributed by atoms with E-state index in [-0.39, 0.29) is 37.2 Å². The van der Waals surface area contributed by atoms with Crippen LogP contribution in [-0.4, -0.2) is 70.1 Å². The second kappa shape index (κ2) is 15.0. The van der Waals surface area contributed by atoms with Crippen molar-refractivity contribution in [2.45, 2.75) is 70.6 Å². The number of amides is 1. The Morgan fingerprint density at radius 2 is 2.12 bits per heavy atom. The van der Waals surface area contributed by atoms with Gasteiger partial charge in [0.05, 0.1) is 31.6 Å². The average Bonchev–Trinajstić information content (AvgIpc) is 3.22. The normalized spacial score (nSPS) is 20.0. The molecule has 2 atom stereocenters. The molecule has 2 heterocycles. The fourth-order valence-electron chi connectivity index (χ4n) is 5.51. The summed E-state index contributed by atoms with van der Waals surface area (Å²) in [6.45, 7) is 9.18. The molecule has 0 spiro atoms. The number of allylic oxidation sites excluding steroid dienone is 3. The zero-order valence-electron chi connectivity index (χ0n) is 25.8. The van der Waals surface area contributed by atoms with Gasteiger partial charge in [-0.2, -0.15) is 0 Å². The highest BCUT2D eigenvalue weighted by Crippen LogP contribution is 2.38. The molecule has 4 rings (SSSR count). The first kappa shape index (κ1) is 32.7. The van der Waals surface area contributed by atoms with E-state index in [9.17, 15) is 9.18 Å². The van der Waals surface area contributed by atoms with Gasteiger partial charge in [-0.3, -0.25) is 4.79 Å². The highest BCUT2D eigenvalue weighted by molar-refractivity contribution is 6.36. The molecule has 1 aromatic heterocycles. The van der Waals surface area contributed by atoms with Gasteiger partial charge < -0.3 is 24.6 Å². The first-order chi connectivity index (χ1) is 20.6. The molecule has 1 aromatic carbocycles. The molecule has 7 nitrogen and oxygen atoms in total. The number of benzene rings is 1. The van der Waals surface area contributed by atoms with Gasteiger partial charge in [0.25, 0.3) is 0 Å². The lowest BCUT2D eigenvalue weighted by atomic mass is 9.69. The molecule has 2 unspecified atom stereocenters. The molecular weight excluding hydrogens is 544 g/mol. The van der Waals surface area contributed by atoms with Crippen molar-refractivity contribution in [1.82, 2.24) is 15.8 Å². The Kier molecular flexibility index (Phi) is 11.4. The highest BCUT2D eigenvalue weighted by Gasteiger charge is 2.39. The molecule has 43 heavy (non-hydrogen) atoms. The third-order valence-corrected chi connectivity index (χ3v) is 7.72. The zero-order chi connectivity index (χ0) is 30.9. The van der Waals surface area contributed by atoms with Gasteiger partial charge in [0.2, 0.25) is 5.91 Å². The first-order valence-electron chi connectivity index (χ1n) is 15.1. The number of aromatic nitrogens is 1. The van der Waals surface area contributed by atoms with Crippen molar-refractivity contribution < 1.29 is 23.2 Å². The van der Waals surface area contributed by atoms with Gasteiger partial charge in [-0.15, -0.1) is 5.73 Å². The van der Waals surface area contributed by atoms with Gasteiger partial charge in [0.15, 0.2) is 11.4 Å². The van der Waals surface area contributed by atoms with E-state index in [2.05, 4.69) is 21.5 Å². The smallest absolute Gasteiger partial charge is 0.216 e. The topological polar surface area (TPSA) is 85.6 Å². The Labute approximate surface area is 256 Å². The van der Waals surface area contributed by atoms with Gasteiger partial charge in [0.1, 0.15) is 7.85 Å². The molecular formula is C34H43BFN3O4. The summed E-state index contributed by atoms with van der Waals surface area (Å²) in [5, 5.41) is 11.0. The van der Waals surface area contributed by atoms with E-state index in [4.69, 9.17) is 21.8 Å². The van der Waals surface area contributed by atoms with Crippen molar-refractivity contribution in [3.05, 3.63) is 76.7 Å². The highest BCUT2D eigenvalue weighted by atomic mass is 19.1. The van der Waals surface area contributed by atoms with E-state index in [1.54, 1.807) is 0 Å². The fourth-order valence-corrected chi connectivity index (χ4v) is 5.51. The molecule has 2 aliphatic rings. The number of carbonyl (C=O) groups is 1. The van der Waals surface area contributed by atoms with Crippen molar-refractivity contribution >= 4 is 19.2 Å². The third-order valence-electron chi connectivity index (χ3n) is 7.72. The maximum Gasteiger partial charge on any atom is 0.216 e. The predicted octanol–water partition coefficient (Wildman–Crippen LogP) is 4.57.